The zero-order valence-corrected chi connectivity index (χ0v) is 14.1. The minimum atomic E-state index is -0.0683. The van der Waals surface area contributed by atoms with Crippen LogP contribution < -0.4 is 11.0 Å². The van der Waals surface area contributed by atoms with Gasteiger partial charge in [-0.3, -0.25) is 14.2 Å². The van der Waals surface area contributed by atoms with Gasteiger partial charge in [0.1, 0.15) is 0 Å². The molecule has 4 nitrogen and oxygen atoms in total. The van der Waals surface area contributed by atoms with Gasteiger partial charge in [0.15, 0.2) is 5.43 Å². The van der Waals surface area contributed by atoms with Gasteiger partial charge in [0, 0.05) is 16.2 Å². The van der Waals surface area contributed by atoms with Crippen LogP contribution in [0.5, 0.6) is 0 Å². The van der Waals surface area contributed by atoms with Crippen LogP contribution >= 0.6 is 23.1 Å². The fourth-order valence-electron chi connectivity index (χ4n) is 2.48. The van der Waals surface area contributed by atoms with Crippen LogP contribution in [0, 0.1) is 0 Å². The summed E-state index contributed by atoms with van der Waals surface area (Å²) in [5, 5.41) is 1.34. The molecule has 6 heteroatoms. The topological polar surface area (TPSA) is 52.0 Å². The minimum Gasteiger partial charge on any atom is -0.289 e. The molecule has 0 unspecified atom stereocenters. The minimum absolute atomic E-state index is 0.0100. The number of fused-ring (bicyclic) bond motifs is 2. The van der Waals surface area contributed by atoms with E-state index in [1.54, 1.807) is 34.4 Å². The highest BCUT2D eigenvalue weighted by Crippen LogP contribution is 2.27. The molecule has 4 rings (SSSR count). The Hall–Kier alpha value is -2.44. The Kier molecular flexibility index (Phi) is 3.92. The lowest BCUT2D eigenvalue weighted by Gasteiger charge is -2.06. The third-order valence-electron chi connectivity index (χ3n) is 3.69. The van der Waals surface area contributed by atoms with Gasteiger partial charge in [0.05, 0.1) is 27.3 Å². The maximum atomic E-state index is 12.5. The molecule has 0 spiro atoms. The molecular formula is C18H12N2O2S2. The van der Waals surface area contributed by atoms with Gasteiger partial charge in [-0.05, 0) is 24.3 Å². The zero-order valence-electron chi connectivity index (χ0n) is 12.5. The summed E-state index contributed by atoms with van der Waals surface area (Å²) in [4.78, 5) is 29.0. The largest absolute Gasteiger partial charge is 0.289 e. The van der Waals surface area contributed by atoms with Crippen LogP contribution in [0.25, 0.3) is 21.0 Å². The Labute approximate surface area is 145 Å². The third-order valence-corrected chi connectivity index (χ3v) is 6.00. The Balaban J connectivity index is 1.67. The SMILES string of the molecule is O=c1cc(SCn2cnc3ccccc3c2=O)sc2ccccc12. The smallest absolute Gasteiger partial charge is 0.261 e. The number of thioether (sulfide) groups is 1. The number of aromatic nitrogens is 2. The van der Waals surface area contributed by atoms with Crippen molar-refractivity contribution in [1.29, 1.82) is 0 Å². The van der Waals surface area contributed by atoms with Crippen LogP contribution in [0.3, 0.4) is 0 Å². The molecule has 2 heterocycles. The highest BCUT2D eigenvalue weighted by Gasteiger charge is 2.06. The summed E-state index contributed by atoms with van der Waals surface area (Å²) in [7, 11) is 0. The Morgan fingerprint density at radius 1 is 1.00 bits per heavy atom. The number of rotatable bonds is 3. The van der Waals surface area contributed by atoms with Crippen molar-refractivity contribution in [2.24, 2.45) is 0 Å². The summed E-state index contributed by atoms with van der Waals surface area (Å²) >= 11 is 3.02. The van der Waals surface area contributed by atoms with E-state index in [9.17, 15) is 9.59 Å². The molecule has 118 valence electrons. The van der Waals surface area contributed by atoms with E-state index in [0.717, 1.165) is 14.3 Å². The Morgan fingerprint density at radius 3 is 2.62 bits per heavy atom. The predicted molar refractivity (Wildman–Crippen MR) is 100.0 cm³/mol. The fourth-order valence-corrected chi connectivity index (χ4v) is 4.60. The molecule has 24 heavy (non-hydrogen) atoms. The second kappa shape index (κ2) is 6.22. The van der Waals surface area contributed by atoms with Gasteiger partial charge in [-0.1, -0.05) is 36.0 Å². The van der Waals surface area contributed by atoms with Crippen molar-refractivity contribution in [3.8, 4) is 0 Å². The average molecular weight is 352 g/mol. The van der Waals surface area contributed by atoms with Gasteiger partial charge in [-0.2, -0.15) is 0 Å². The van der Waals surface area contributed by atoms with Crippen molar-refractivity contribution >= 4 is 44.1 Å². The van der Waals surface area contributed by atoms with Gasteiger partial charge in [-0.25, -0.2) is 4.98 Å². The first kappa shape index (κ1) is 15.1. The Morgan fingerprint density at radius 2 is 1.75 bits per heavy atom. The average Bonchev–Trinajstić information content (AvgIpc) is 2.61. The van der Waals surface area contributed by atoms with E-state index in [1.165, 1.54) is 11.8 Å². The van der Waals surface area contributed by atoms with Crippen molar-refractivity contribution in [3.05, 3.63) is 81.5 Å². The molecule has 0 radical (unpaired) electrons. The highest BCUT2D eigenvalue weighted by molar-refractivity contribution is 8.00. The van der Waals surface area contributed by atoms with Crippen molar-refractivity contribution in [2.45, 2.75) is 10.1 Å². The normalized spacial score (nSPS) is 11.2. The molecule has 0 aliphatic carbocycles. The molecule has 0 saturated carbocycles. The van der Waals surface area contributed by atoms with Crippen LogP contribution in [0.2, 0.25) is 0 Å². The molecule has 0 atom stereocenters. The second-order valence-electron chi connectivity index (χ2n) is 5.24. The molecule has 0 aliphatic rings. The lowest BCUT2D eigenvalue weighted by atomic mass is 10.2. The molecule has 0 amide bonds. The predicted octanol–water partition coefficient (Wildman–Crippen LogP) is 3.72. The van der Waals surface area contributed by atoms with E-state index < -0.39 is 0 Å². The van der Waals surface area contributed by atoms with Gasteiger partial charge in [-0.15, -0.1) is 11.3 Å². The van der Waals surface area contributed by atoms with Crippen LogP contribution in [0.15, 0.2) is 74.7 Å². The number of benzene rings is 2. The number of nitrogens with zero attached hydrogens (tertiary/aromatic N) is 2. The zero-order chi connectivity index (χ0) is 16.5. The van der Waals surface area contributed by atoms with Crippen molar-refractivity contribution < 1.29 is 0 Å². The number of hydrogen-bond acceptors (Lipinski definition) is 5. The standard InChI is InChI=1S/C18H12N2O2S2/c21-15-9-17(24-16-8-4-2-6-13(15)16)23-11-20-10-19-14-7-3-1-5-12(14)18(20)22/h1-10H,11H2. The van der Waals surface area contributed by atoms with Gasteiger partial charge in [0.25, 0.3) is 5.56 Å². The fraction of sp³-hybridized carbons (Fsp3) is 0.0556. The van der Waals surface area contributed by atoms with Crippen LogP contribution in [-0.2, 0) is 5.88 Å². The van der Waals surface area contributed by atoms with Crippen molar-refractivity contribution in [2.75, 3.05) is 0 Å². The summed E-state index contributed by atoms with van der Waals surface area (Å²) in [6.45, 7) is 0. The number of para-hydroxylation sites is 1. The van der Waals surface area contributed by atoms with Crippen LogP contribution in [0.1, 0.15) is 0 Å². The first-order valence-corrected chi connectivity index (χ1v) is 9.12. The molecule has 0 saturated heterocycles. The van der Waals surface area contributed by atoms with E-state index >= 15 is 0 Å². The molecule has 0 bridgehead atoms. The molecule has 2 aromatic carbocycles. The van der Waals surface area contributed by atoms with Crippen LogP contribution in [0.4, 0.5) is 0 Å². The summed E-state index contributed by atoms with van der Waals surface area (Å²) in [5.41, 5.74) is 0.635. The Bertz CT molecular complexity index is 1160. The first-order chi connectivity index (χ1) is 11.7. The molecule has 0 N–H and O–H groups in total. The summed E-state index contributed by atoms with van der Waals surface area (Å²) in [5.74, 6) is 0.422. The molecule has 2 aromatic heterocycles. The maximum Gasteiger partial charge on any atom is 0.261 e. The third kappa shape index (κ3) is 2.74. The van der Waals surface area contributed by atoms with E-state index in [1.807, 2.05) is 42.5 Å². The summed E-state index contributed by atoms with van der Waals surface area (Å²) in [6, 6.07) is 16.5. The lowest BCUT2D eigenvalue weighted by Crippen LogP contribution is -2.19. The van der Waals surface area contributed by atoms with Crippen molar-refractivity contribution in [3.63, 3.8) is 0 Å². The molecular weight excluding hydrogens is 340 g/mol. The number of hydrogen-bond donors (Lipinski definition) is 0. The van der Waals surface area contributed by atoms with Gasteiger partial charge < -0.3 is 0 Å². The van der Waals surface area contributed by atoms with Gasteiger partial charge >= 0.3 is 0 Å². The lowest BCUT2D eigenvalue weighted by molar-refractivity contribution is 0.824. The maximum absolute atomic E-state index is 12.5. The van der Waals surface area contributed by atoms with E-state index in [4.69, 9.17) is 0 Å². The van der Waals surface area contributed by atoms with E-state index in [-0.39, 0.29) is 11.0 Å². The van der Waals surface area contributed by atoms with Crippen LogP contribution in [-0.4, -0.2) is 9.55 Å². The highest BCUT2D eigenvalue weighted by atomic mass is 32.2. The summed E-state index contributed by atoms with van der Waals surface area (Å²) < 4.78 is 3.41. The second-order valence-corrected chi connectivity index (χ2v) is 7.56. The quantitative estimate of drug-likeness (QED) is 0.527. The van der Waals surface area contributed by atoms with Gasteiger partial charge in [0.2, 0.25) is 0 Å². The summed E-state index contributed by atoms with van der Waals surface area (Å²) in [6.07, 6.45) is 1.56. The molecule has 0 fully saturated rings. The van der Waals surface area contributed by atoms with E-state index in [0.29, 0.717) is 16.8 Å². The first-order valence-electron chi connectivity index (χ1n) is 7.32. The van der Waals surface area contributed by atoms with E-state index in [2.05, 4.69) is 4.98 Å². The monoisotopic (exact) mass is 352 g/mol. The van der Waals surface area contributed by atoms with Crippen molar-refractivity contribution in [1.82, 2.24) is 9.55 Å². The molecule has 0 aliphatic heterocycles. The molecule has 4 aromatic rings.